The average molecular weight is 352 g/mol. The Morgan fingerprint density at radius 2 is 2.00 bits per heavy atom. The van der Waals surface area contributed by atoms with Crippen LogP contribution in [0.2, 0.25) is 5.02 Å². The average Bonchev–Trinajstić information content (AvgIpc) is 2.86. The van der Waals surface area contributed by atoms with E-state index in [0.29, 0.717) is 16.3 Å². The van der Waals surface area contributed by atoms with Gasteiger partial charge in [-0.3, -0.25) is 0 Å². The van der Waals surface area contributed by atoms with Crippen molar-refractivity contribution in [2.75, 3.05) is 0 Å². The first kappa shape index (κ1) is 13.7. The molecule has 20 heavy (non-hydrogen) atoms. The summed E-state index contributed by atoms with van der Waals surface area (Å²) in [7, 11) is 0. The molecule has 1 unspecified atom stereocenters. The number of hydrogen-bond donors (Lipinski definition) is 1. The van der Waals surface area contributed by atoms with Crippen LogP contribution in [0.1, 0.15) is 23.0 Å². The molecule has 0 bridgehead atoms. The number of aryl methyl sites for hydroxylation is 1. The third-order valence-corrected chi connectivity index (χ3v) is 4.12. The highest BCUT2D eigenvalue weighted by molar-refractivity contribution is 9.10. The molecule has 2 nitrogen and oxygen atoms in total. The number of rotatable bonds is 2. The molecule has 4 heteroatoms. The molecule has 0 saturated carbocycles. The molecule has 3 aromatic rings. The second-order valence-electron chi connectivity index (χ2n) is 4.71. The lowest BCUT2D eigenvalue weighted by molar-refractivity contribution is 0.192. The number of aliphatic hydroxyl groups is 1. The van der Waals surface area contributed by atoms with Crippen LogP contribution in [-0.2, 0) is 0 Å². The summed E-state index contributed by atoms with van der Waals surface area (Å²) in [5, 5.41) is 12.0. The van der Waals surface area contributed by atoms with E-state index < -0.39 is 6.10 Å². The minimum absolute atomic E-state index is 0.495. The Labute approximate surface area is 130 Å². The molecule has 3 rings (SSSR count). The van der Waals surface area contributed by atoms with Crippen molar-refractivity contribution in [2.45, 2.75) is 13.0 Å². The van der Waals surface area contributed by atoms with Crippen molar-refractivity contribution in [3.8, 4) is 0 Å². The highest BCUT2D eigenvalue weighted by atomic mass is 79.9. The minimum atomic E-state index is -0.883. The third kappa shape index (κ3) is 2.37. The largest absolute Gasteiger partial charge is 0.458 e. The van der Waals surface area contributed by atoms with E-state index in [4.69, 9.17) is 16.0 Å². The molecule has 0 amide bonds. The topological polar surface area (TPSA) is 33.4 Å². The Bertz CT molecular complexity index is 779. The van der Waals surface area contributed by atoms with Crippen molar-refractivity contribution < 1.29 is 9.52 Å². The maximum absolute atomic E-state index is 10.5. The standard InChI is InChI=1S/C16H12BrClO2/c1-9-3-2-4-10-7-14(20-16(9)10)15(19)12-8-11(17)5-6-13(12)18/h2-8,15,19H,1H3. The Morgan fingerprint density at radius 1 is 1.20 bits per heavy atom. The lowest BCUT2D eigenvalue weighted by atomic mass is 10.1. The van der Waals surface area contributed by atoms with Crippen LogP contribution < -0.4 is 0 Å². The van der Waals surface area contributed by atoms with E-state index >= 15 is 0 Å². The summed E-state index contributed by atoms with van der Waals surface area (Å²) in [6, 6.07) is 13.1. The molecule has 1 N–H and O–H groups in total. The van der Waals surface area contributed by atoms with Crippen molar-refractivity contribution >= 4 is 38.5 Å². The van der Waals surface area contributed by atoms with Gasteiger partial charge in [0.2, 0.25) is 0 Å². The molecular weight excluding hydrogens is 340 g/mol. The second kappa shape index (κ2) is 5.24. The van der Waals surface area contributed by atoms with E-state index in [0.717, 1.165) is 21.0 Å². The quantitative estimate of drug-likeness (QED) is 0.685. The molecule has 1 heterocycles. The van der Waals surface area contributed by atoms with Gasteiger partial charge in [-0.25, -0.2) is 0 Å². The number of halogens is 2. The minimum Gasteiger partial charge on any atom is -0.458 e. The van der Waals surface area contributed by atoms with Gasteiger partial charge < -0.3 is 9.52 Å². The molecule has 0 saturated heterocycles. The highest BCUT2D eigenvalue weighted by Crippen LogP contribution is 2.34. The van der Waals surface area contributed by atoms with Gasteiger partial charge in [0.25, 0.3) is 0 Å². The zero-order valence-corrected chi connectivity index (χ0v) is 13.1. The summed E-state index contributed by atoms with van der Waals surface area (Å²) < 4.78 is 6.65. The first-order valence-corrected chi connectivity index (χ1v) is 7.35. The van der Waals surface area contributed by atoms with E-state index in [2.05, 4.69) is 15.9 Å². The maximum Gasteiger partial charge on any atom is 0.138 e. The van der Waals surface area contributed by atoms with Crippen molar-refractivity contribution in [1.29, 1.82) is 0 Å². The van der Waals surface area contributed by atoms with E-state index in [1.54, 1.807) is 12.1 Å². The van der Waals surface area contributed by atoms with Gasteiger partial charge in [0, 0.05) is 20.4 Å². The Balaban J connectivity index is 2.10. The van der Waals surface area contributed by atoms with Gasteiger partial charge in [-0.05, 0) is 36.8 Å². The molecule has 2 aromatic carbocycles. The monoisotopic (exact) mass is 350 g/mol. The van der Waals surface area contributed by atoms with E-state index in [1.165, 1.54) is 0 Å². The van der Waals surface area contributed by atoms with Crippen LogP contribution in [0.25, 0.3) is 11.0 Å². The molecule has 102 valence electrons. The van der Waals surface area contributed by atoms with Gasteiger partial charge >= 0.3 is 0 Å². The first-order chi connectivity index (χ1) is 9.56. The summed E-state index contributed by atoms with van der Waals surface area (Å²) in [4.78, 5) is 0. The zero-order chi connectivity index (χ0) is 14.3. The van der Waals surface area contributed by atoms with Crippen LogP contribution in [0.15, 0.2) is 51.4 Å². The van der Waals surface area contributed by atoms with Gasteiger partial charge in [0.05, 0.1) is 0 Å². The molecule has 0 aliphatic carbocycles. The Morgan fingerprint density at radius 3 is 2.75 bits per heavy atom. The van der Waals surface area contributed by atoms with Crippen LogP contribution in [0, 0.1) is 6.92 Å². The molecular formula is C16H12BrClO2. The van der Waals surface area contributed by atoms with Crippen molar-refractivity contribution in [1.82, 2.24) is 0 Å². The maximum atomic E-state index is 10.5. The normalized spacial score (nSPS) is 12.8. The first-order valence-electron chi connectivity index (χ1n) is 6.18. The number of aliphatic hydroxyl groups excluding tert-OH is 1. The fraction of sp³-hybridized carbons (Fsp3) is 0.125. The number of fused-ring (bicyclic) bond motifs is 1. The van der Waals surface area contributed by atoms with Gasteiger partial charge in [-0.15, -0.1) is 0 Å². The summed E-state index contributed by atoms with van der Waals surface area (Å²) in [5.41, 5.74) is 2.46. The number of hydrogen-bond acceptors (Lipinski definition) is 2. The molecule has 0 fully saturated rings. The fourth-order valence-corrected chi connectivity index (χ4v) is 2.84. The van der Waals surface area contributed by atoms with Crippen molar-refractivity contribution in [3.63, 3.8) is 0 Å². The summed E-state index contributed by atoms with van der Waals surface area (Å²) in [5.74, 6) is 0.495. The van der Waals surface area contributed by atoms with E-state index in [-0.39, 0.29) is 0 Å². The van der Waals surface area contributed by atoms with Gasteiger partial charge in [0.15, 0.2) is 0 Å². The van der Waals surface area contributed by atoms with Crippen LogP contribution in [0.4, 0.5) is 0 Å². The zero-order valence-electron chi connectivity index (χ0n) is 10.7. The van der Waals surface area contributed by atoms with Crippen LogP contribution in [-0.4, -0.2) is 5.11 Å². The molecule has 1 atom stereocenters. The van der Waals surface area contributed by atoms with Gasteiger partial charge in [0.1, 0.15) is 17.4 Å². The van der Waals surface area contributed by atoms with Crippen LogP contribution in [0.5, 0.6) is 0 Å². The number of benzene rings is 2. The smallest absolute Gasteiger partial charge is 0.138 e. The van der Waals surface area contributed by atoms with Crippen molar-refractivity contribution in [3.05, 3.63) is 68.8 Å². The predicted molar refractivity (Wildman–Crippen MR) is 84.2 cm³/mol. The van der Waals surface area contributed by atoms with Crippen LogP contribution in [0.3, 0.4) is 0 Å². The van der Waals surface area contributed by atoms with Gasteiger partial charge in [-0.2, -0.15) is 0 Å². The summed E-state index contributed by atoms with van der Waals surface area (Å²) >= 11 is 9.53. The Hall–Kier alpha value is -1.29. The fourth-order valence-electron chi connectivity index (χ4n) is 2.24. The lowest BCUT2D eigenvalue weighted by Gasteiger charge is -2.10. The molecule has 0 spiro atoms. The second-order valence-corrected chi connectivity index (χ2v) is 6.03. The molecule has 1 aromatic heterocycles. The van der Waals surface area contributed by atoms with Crippen LogP contribution >= 0.6 is 27.5 Å². The third-order valence-electron chi connectivity index (χ3n) is 3.28. The van der Waals surface area contributed by atoms with Crippen molar-refractivity contribution in [2.24, 2.45) is 0 Å². The number of furan rings is 1. The lowest BCUT2D eigenvalue weighted by Crippen LogP contribution is -1.98. The SMILES string of the molecule is Cc1cccc2cc(C(O)c3cc(Br)ccc3Cl)oc12. The Kier molecular flexibility index (Phi) is 3.59. The summed E-state index contributed by atoms with van der Waals surface area (Å²) in [6.45, 7) is 1.98. The molecule has 0 aliphatic heterocycles. The highest BCUT2D eigenvalue weighted by Gasteiger charge is 2.19. The van der Waals surface area contributed by atoms with Gasteiger partial charge in [-0.1, -0.05) is 45.7 Å². The predicted octanol–water partition coefficient (Wildman–Crippen LogP) is 5.24. The summed E-state index contributed by atoms with van der Waals surface area (Å²) in [6.07, 6.45) is -0.883. The molecule has 0 radical (unpaired) electrons. The number of para-hydroxylation sites is 1. The van der Waals surface area contributed by atoms with E-state index in [1.807, 2.05) is 37.3 Å². The van der Waals surface area contributed by atoms with E-state index in [9.17, 15) is 5.11 Å². The molecule has 0 aliphatic rings.